The summed E-state index contributed by atoms with van der Waals surface area (Å²) in [7, 11) is 0. The molecule has 9 nitrogen and oxygen atoms in total. The highest BCUT2D eigenvalue weighted by Gasteiger charge is 2.38. The van der Waals surface area contributed by atoms with Gasteiger partial charge in [-0.15, -0.1) is 5.10 Å². The lowest BCUT2D eigenvalue weighted by atomic mass is 10.0. The van der Waals surface area contributed by atoms with Crippen molar-refractivity contribution in [3.63, 3.8) is 0 Å². The Labute approximate surface area is 200 Å². The zero-order valence-corrected chi connectivity index (χ0v) is 19.8. The van der Waals surface area contributed by atoms with Gasteiger partial charge >= 0.3 is 12.1 Å². The summed E-state index contributed by atoms with van der Waals surface area (Å²) in [6, 6.07) is 11.1. The van der Waals surface area contributed by atoms with Crippen LogP contribution >= 0.6 is 0 Å². The van der Waals surface area contributed by atoms with Crippen molar-refractivity contribution in [2.75, 3.05) is 13.1 Å². The molecule has 0 aliphatic carbocycles. The molecule has 0 spiro atoms. The predicted molar refractivity (Wildman–Crippen MR) is 121 cm³/mol. The number of hydrogen-bond acceptors (Lipinski definition) is 6. The van der Waals surface area contributed by atoms with Gasteiger partial charge in [-0.3, -0.25) is 4.90 Å². The Kier molecular flexibility index (Phi) is 8.28. The number of alkyl halides is 3. The first-order chi connectivity index (χ1) is 16.4. The largest absolute Gasteiger partial charge is 0.490 e. The Balaban J connectivity index is 0.000000429. The van der Waals surface area contributed by atoms with Crippen LogP contribution in [-0.4, -0.2) is 65.1 Å². The van der Waals surface area contributed by atoms with E-state index in [9.17, 15) is 18.3 Å². The van der Waals surface area contributed by atoms with Crippen LogP contribution in [0.1, 0.15) is 54.6 Å². The number of aryl methyl sites for hydroxylation is 2. The topological polar surface area (TPSA) is 109 Å². The zero-order valence-electron chi connectivity index (χ0n) is 19.8. The molecule has 1 atom stereocenters. The summed E-state index contributed by atoms with van der Waals surface area (Å²) in [4.78, 5) is 11.4. The third-order valence-electron chi connectivity index (χ3n) is 5.70. The minimum absolute atomic E-state index is 0.359. The summed E-state index contributed by atoms with van der Waals surface area (Å²) in [6.45, 7) is 8.83. The fourth-order valence-electron chi connectivity index (χ4n) is 3.94. The normalized spacial score (nSPS) is 16.0. The number of likely N-dealkylation sites (tertiary alicyclic amines) is 1. The van der Waals surface area contributed by atoms with E-state index in [0.29, 0.717) is 11.7 Å². The Morgan fingerprint density at radius 2 is 1.86 bits per heavy atom. The molecule has 190 valence electrons. The zero-order chi connectivity index (χ0) is 25.8. The van der Waals surface area contributed by atoms with Gasteiger partial charge in [0.15, 0.2) is 0 Å². The number of benzene rings is 1. The van der Waals surface area contributed by atoms with E-state index < -0.39 is 18.2 Å². The van der Waals surface area contributed by atoms with Crippen molar-refractivity contribution in [2.24, 2.45) is 0 Å². The Bertz CT molecular complexity index is 1130. The summed E-state index contributed by atoms with van der Waals surface area (Å²) in [5.74, 6) is -2.76. The van der Waals surface area contributed by atoms with E-state index in [-0.39, 0.29) is 0 Å². The number of piperidine rings is 1. The number of carboxylic acid groups (broad SMARTS) is 1. The van der Waals surface area contributed by atoms with E-state index in [0.717, 1.165) is 49.6 Å². The smallest absolute Gasteiger partial charge is 0.475 e. The van der Waals surface area contributed by atoms with Crippen molar-refractivity contribution in [1.29, 1.82) is 0 Å². The van der Waals surface area contributed by atoms with Crippen molar-refractivity contribution in [3.8, 4) is 5.69 Å². The standard InChI is InChI=1S/C21H28N6O.C2HF3O2/c1-15-11-16(2)27(23-15)20-6-4-5-18(12-20)13-25-9-7-19(8-10-25)26-14-21(17(3)28)22-24-26;3-2(4,5)1(6)7/h4-6,11-12,14,17,19,28H,7-10,13H2,1-3H3;(H,6,7). The number of aliphatic hydroxyl groups excluding tert-OH is 1. The van der Waals surface area contributed by atoms with E-state index in [1.54, 1.807) is 6.92 Å². The Morgan fingerprint density at radius 3 is 2.37 bits per heavy atom. The second kappa shape index (κ2) is 11.0. The minimum atomic E-state index is -5.08. The maximum atomic E-state index is 10.6. The van der Waals surface area contributed by atoms with Crippen LogP contribution in [0.25, 0.3) is 5.69 Å². The van der Waals surface area contributed by atoms with E-state index in [2.05, 4.69) is 57.6 Å². The Morgan fingerprint density at radius 1 is 1.20 bits per heavy atom. The number of aliphatic hydroxyl groups is 1. The van der Waals surface area contributed by atoms with Crippen molar-refractivity contribution < 1.29 is 28.2 Å². The van der Waals surface area contributed by atoms with Gasteiger partial charge in [0.1, 0.15) is 5.69 Å². The number of carboxylic acids is 1. The molecule has 0 bridgehead atoms. The van der Waals surface area contributed by atoms with E-state index in [1.807, 2.05) is 22.5 Å². The summed E-state index contributed by atoms with van der Waals surface area (Å²) in [5.41, 5.74) is 5.26. The maximum Gasteiger partial charge on any atom is 0.490 e. The lowest BCUT2D eigenvalue weighted by Gasteiger charge is -2.31. The first-order valence-corrected chi connectivity index (χ1v) is 11.2. The third kappa shape index (κ3) is 7.12. The SMILES string of the molecule is Cc1cc(C)n(-c2cccc(CN3CCC(n4cc(C(C)O)nn4)CC3)c2)n1.O=C(O)C(F)(F)F. The molecule has 4 rings (SSSR count). The summed E-state index contributed by atoms with van der Waals surface area (Å²) in [5, 5.41) is 29.6. The van der Waals surface area contributed by atoms with Gasteiger partial charge in [-0.2, -0.15) is 18.3 Å². The van der Waals surface area contributed by atoms with Crippen LogP contribution in [0.3, 0.4) is 0 Å². The fourth-order valence-corrected chi connectivity index (χ4v) is 3.94. The van der Waals surface area contributed by atoms with Crippen LogP contribution in [0.4, 0.5) is 13.2 Å². The number of carbonyl (C=O) groups is 1. The second-order valence-electron chi connectivity index (χ2n) is 8.62. The van der Waals surface area contributed by atoms with Gasteiger partial charge in [-0.1, -0.05) is 17.3 Å². The van der Waals surface area contributed by atoms with Gasteiger partial charge in [-0.25, -0.2) is 14.2 Å². The van der Waals surface area contributed by atoms with Crippen LogP contribution in [0.15, 0.2) is 36.5 Å². The minimum Gasteiger partial charge on any atom is -0.475 e. The Hall–Kier alpha value is -3.25. The fraction of sp³-hybridized carbons (Fsp3) is 0.478. The number of hydrogen-bond donors (Lipinski definition) is 2. The monoisotopic (exact) mass is 494 g/mol. The van der Waals surface area contributed by atoms with E-state index in [1.165, 1.54) is 5.56 Å². The molecule has 3 heterocycles. The number of nitrogens with zero attached hydrogens (tertiary/aromatic N) is 6. The molecule has 12 heteroatoms. The van der Waals surface area contributed by atoms with Gasteiger partial charge in [-0.05, 0) is 57.4 Å². The molecule has 1 aliphatic heterocycles. The van der Waals surface area contributed by atoms with Crippen molar-refractivity contribution in [3.05, 3.63) is 59.2 Å². The second-order valence-corrected chi connectivity index (χ2v) is 8.62. The molecule has 2 aromatic heterocycles. The average molecular weight is 495 g/mol. The summed E-state index contributed by atoms with van der Waals surface area (Å²) >= 11 is 0. The van der Waals surface area contributed by atoms with Gasteiger partial charge in [0.05, 0.1) is 29.7 Å². The molecular weight excluding hydrogens is 465 g/mol. The van der Waals surface area contributed by atoms with Crippen LogP contribution < -0.4 is 0 Å². The summed E-state index contributed by atoms with van der Waals surface area (Å²) < 4.78 is 35.7. The number of halogens is 3. The first kappa shape index (κ1) is 26.4. The van der Waals surface area contributed by atoms with E-state index in [4.69, 9.17) is 9.90 Å². The lowest BCUT2D eigenvalue weighted by molar-refractivity contribution is -0.192. The molecule has 35 heavy (non-hydrogen) atoms. The quantitative estimate of drug-likeness (QED) is 0.558. The average Bonchev–Trinajstić information content (AvgIpc) is 3.41. The number of aromatic nitrogens is 5. The molecule has 2 N–H and O–H groups in total. The molecule has 1 saturated heterocycles. The van der Waals surface area contributed by atoms with Gasteiger partial charge < -0.3 is 10.2 Å². The number of rotatable bonds is 5. The summed E-state index contributed by atoms with van der Waals surface area (Å²) in [6.07, 6.45) is -1.69. The highest BCUT2D eigenvalue weighted by molar-refractivity contribution is 5.73. The molecule has 3 aromatic rings. The van der Waals surface area contributed by atoms with E-state index >= 15 is 0 Å². The van der Waals surface area contributed by atoms with Crippen molar-refractivity contribution in [2.45, 2.75) is 58.5 Å². The van der Waals surface area contributed by atoms with Crippen molar-refractivity contribution >= 4 is 5.97 Å². The van der Waals surface area contributed by atoms with Gasteiger partial charge in [0.2, 0.25) is 0 Å². The van der Waals surface area contributed by atoms with Crippen LogP contribution in [0.5, 0.6) is 0 Å². The predicted octanol–water partition coefficient (Wildman–Crippen LogP) is 3.60. The molecule has 1 aliphatic rings. The molecule has 0 amide bonds. The first-order valence-electron chi connectivity index (χ1n) is 11.2. The molecule has 0 radical (unpaired) electrons. The molecular formula is C23H29F3N6O3. The number of aliphatic carboxylic acids is 1. The highest BCUT2D eigenvalue weighted by atomic mass is 19.4. The lowest BCUT2D eigenvalue weighted by Crippen LogP contribution is -2.34. The maximum absolute atomic E-state index is 10.6. The third-order valence-corrected chi connectivity index (χ3v) is 5.70. The highest BCUT2D eigenvalue weighted by Crippen LogP contribution is 2.24. The van der Waals surface area contributed by atoms with Gasteiger partial charge in [0.25, 0.3) is 0 Å². The van der Waals surface area contributed by atoms with Crippen LogP contribution in [-0.2, 0) is 11.3 Å². The molecule has 1 fully saturated rings. The van der Waals surface area contributed by atoms with Crippen molar-refractivity contribution in [1.82, 2.24) is 29.7 Å². The van der Waals surface area contributed by atoms with Crippen LogP contribution in [0, 0.1) is 13.8 Å². The molecule has 0 saturated carbocycles. The van der Waals surface area contributed by atoms with Gasteiger partial charge in [0, 0.05) is 25.3 Å². The van der Waals surface area contributed by atoms with Crippen LogP contribution in [0.2, 0.25) is 0 Å². The molecule has 1 aromatic carbocycles. The molecule has 1 unspecified atom stereocenters.